The fraction of sp³-hybridized carbons (Fsp3) is 0.312. The third kappa shape index (κ3) is 3.33. The van der Waals surface area contributed by atoms with E-state index in [0.29, 0.717) is 17.2 Å². The standard InChI is InChI=1S/C16H19N5O/c17-13-6-4-12(5-7-13)15(22)20-14-3-1-10-21(11-14)16-18-8-2-9-19-16/h2,4-9,14H,1,3,10-11,17H2,(H,20,22). The van der Waals surface area contributed by atoms with Crippen molar-refractivity contribution in [1.82, 2.24) is 15.3 Å². The number of aromatic nitrogens is 2. The van der Waals surface area contributed by atoms with Crippen LogP contribution in [0.3, 0.4) is 0 Å². The number of nitrogens with zero attached hydrogens (tertiary/aromatic N) is 3. The van der Waals surface area contributed by atoms with Gasteiger partial charge >= 0.3 is 0 Å². The summed E-state index contributed by atoms with van der Waals surface area (Å²) in [5, 5.41) is 3.08. The van der Waals surface area contributed by atoms with Crippen molar-refractivity contribution in [2.45, 2.75) is 18.9 Å². The van der Waals surface area contributed by atoms with Crippen LogP contribution in [0.2, 0.25) is 0 Å². The molecule has 0 radical (unpaired) electrons. The van der Waals surface area contributed by atoms with Crippen molar-refractivity contribution >= 4 is 17.5 Å². The van der Waals surface area contributed by atoms with E-state index in [0.717, 1.165) is 25.9 Å². The number of amides is 1. The van der Waals surface area contributed by atoms with Gasteiger partial charge in [0.2, 0.25) is 5.95 Å². The molecule has 1 unspecified atom stereocenters. The van der Waals surface area contributed by atoms with Gasteiger partial charge in [-0.1, -0.05) is 0 Å². The van der Waals surface area contributed by atoms with Crippen molar-refractivity contribution in [3.8, 4) is 0 Å². The van der Waals surface area contributed by atoms with Crippen LogP contribution in [0.1, 0.15) is 23.2 Å². The summed E-state index contributed by atoms with van der Waals surface area (Å²) >= 11 is 0. The van der Waals surface area contributed by atoms with Crippen LogP contribution in [0.5, 0.6) is 0 Å². The lowest BCUT2D eigenvalue weighted by molar-refractivity contribution is 0.0933. The molecule has 1 saturated heterocycles. The third-order valence-corrected chi connectivity index (χ3v) is 3.76. The fourth-order valence-electron chi connectivity index (χ4n) is 2.63. The summed E-state index contributed by atoms with van der Waals surface area (Å²) in [4.78, 5) is 22.9. The summed E-state index contributed by atoms with van der Waals surface area (Å²) < 4.78 is 0. The maximum atomic E-state index is 12.3. The van der Waals surface area contributed by atoms with Crippen LogP contribution < -0.4 is 16.0 Å². The van der Waals surface area contributed by atoms with Gasteiger partial charge in [-0.15, -0.1) is 0 Å². The SMILES string of the molecule is Nc1ccc(C(=O)NC2CCCN(c3ncccn3)C2)cc1. The molecule has 0 bridgehead atoms. The highest BCUT2D eigenvalue weighted by Crippen LogP contribution is 2.16. The average molecular weight is 297 g/mol. The molecule has 1 fully saturated rings. The molecule has 0 saturated carbocycles. The van der Waals surface area contributed by atoms with Gasteiger partial charge < -0.3 is 16.0 Å². The van der Waals surface area contributed by atoms with E-state index in [1.54, 1.807) is 42.7 Å². The van der Waals surface area contributed by atoms with Crippen LogP contribution in [0.4, 0.5) is 11.6 Å². The molecule has 2 heterocycles. The fourth-order valence-corrected chi connectivity index (χ4v) is 2.63. The number of hydrogen-bond donors (Lipinski definition) is 2. The van der Waals surface area contributed by atoms with Crippen molar-refractivity contribution in [3.05, 3.63) is 48.3 Å². The predicted octanol–water partition coefficient (Wildman–Crippen LogP) is 1.46. The Hall–Kier alpha value is -2.63. The van der Waals surface area contributed by atoms with Crippen LogP contribution in [0, 0.1) is 0 Å². The Labute approximate surface area is 129 Å². The summed E-state index contributed by atoms with van der Waals surface area (Å²) in [5.41, 5.74) is 6.92. The number of benzene rings is 1. The molecule has 2 aromatic rings. The van der Waals surface area contributed by atoms with Gasteiger partial charge in [-0.3, -0.25) is 4.79 Å². The van der Waals surface area contributed by atoms with Gasteiger partial charge in [0.25, 0.3) is 5.91 Å². The van der Waals surface area contributed by atoms with Crippen LogP contribution >= 0.6 is 0 Å². The number of rotatable bonds is 3. The molecule has 0 spiro atoms. The molecule has 1 atom stereocenters. The van der Waals surface area contributed by atoms with Crippen LogP contribution in [-0.2, 0) is 0 Å². The monoisotopic (exact) mass is 297 g/mol. The average Bonchev–Trinajstić information content (AvgIpc) is 2.56. The van der Waals surface area contributed by atoms with Crippen LogP contribution in [-0.4, -0.2) is 35.0 Å². The lowest BCUT2D eigenvalue weighted by Crippen LogP contribution is -2.48. The maximum absolute atomic E-state index is 12.3. The molecule has 3 rings (SSSR count). The van der Waals surface area contributed by atoms with Gasteiger partial charge in [0.1, 0.15) is 0 Å². The third-order valence-electron chi connectivity index (χ3n) is 3.76. The highest BCUT2D eigenvalue weighted by atomic mass is 16.1. The highest BCUT2D eigenvalue weighted by Gasteiger charge is 2.23. The minimum atomic E-state index is -0.0687. The normalized spacial score (nSPS) is 18.0. The number of piperidine rings is 1. The van der Waals surface area contributed by atoms with Gasteiger partial charge in [0.05, 0.1) is 0 Å². The first-order valence-corrected chi connectivity index (χ1v) is 7.41. The Morgan fingerprint density at radius 3 is 2.68 bits per heavy atom. The summed E-state index contributed by atoms with van der Waals surface area (Å²) in [6, 6.07) is 8.85. The first-order valence-electron chi connectivity index (χ1n) is 7.41. The second kappa shape index (κ2) is 6.43. The Balaban J connectivity index is 1.63. The Bertz CT molecular complexity index is 629. The lowest BCUT2D eigenvalue weighted by Gasteiger charge is -2.33. The number of nitrogen functional groups attached to an aromatic ring is 1. The molecule has 1 aliphatic rings. The molecule has 3 N–H and O–H groups in total. The number of anilines is 2. The topological polar surface area (TPSA) is 84.1 Å². The first-order chi connectivity index (χ1) is 10.7. The number of nitrogens with one attached hydrogen (secondary N) is 1. The van der Waals surface area contributed by atoms with Gasteiger partial charge in [-0.2, -0.15) is 0 Å². The maximum Gasteiger partial charge on any atom is 0.251 e. The summed E-state index contributed by atoms with van der Waals surface area (Å²) in [7, 11) is 0. The Morgan fingerprint density at radius 1 is 1.23 bits per heavy atom. The van der Waals surface area contributed by atoms with Crippen molar-refractivity contribution < 1.29 is 4.79 Å². The first kappa shape index (κ1) is 14.3. The van der Waals surface area contributed by atoms with Crippen LogP contribution in [0.25, 0.3) is 0 Å². The number of nitrogens with two attached hydrogens (primary N) is 1. The Kier molecular flexibility index (Phi) is 4.18. The van der Waals surface area contributed by atoms with Gasteiger partial charge in [0.15, 0.2) is 0 Å². The van der Waals surface area contributed by atoms with E-state index in [1.807, 2.05) is 0 Å². The van der Waals surface area contributed by atoms with Gasteiger partial charge in [0, 0.05) is 42.8 Å². The molecule has 1 amide bonds. The largest absolute Gasteiger partial charge is 0.399 e. The Morgan fingerprint density at radius 2 is 1.95 bits per heavy atom. The second-order valence-electron chi connectivity index (χ2n) is 5.43. The molecule has 114 valence electrons. The van der Waals surface area contributed by atoms with E-state index in [2.05, 4.69) is 20.2 Å². The zero-order valence-electron chi connectivity index (χ0n) is 12.3. The number of carbonyl (C=O) groups excluding carboxylic acids is 1. The zero-order valence-corrected chi connectivity index (χ0v) is 12.3. The number of carbonyl (C=O) groups is 1. The second-order valence-corrected chi connectivity index (χ2v) is 5.43. The molecule has 1 aliphatic heterocycles. The van der Waals surface area contributed by atoms with Crippen molar-refractivity contribution in [3.63, 3.8) is 0 Å². The molecule has 1 aromatic heterocycles. The van der Waals surface area contributed by atoms with Crippen molar-refractivity contribution in [1.29, 1.82) is 0 Å². The highest BCUT2D eigenvalue weighted by molar-refractivity contribution is 5.94. The quantitative estimate of drug-likeness (QED) is 0.838. The smallest absolute Gasteiger partial charge is 0.251 e. The summed E-state index contributed by atoms with van der Waals surface area (Å²) in [6.45, 7) is 1.64. The summed E-state index contributed by atoms with van der Waals surface area (Å²) in [5.74, 6) is 0.648. The molecule has 6 heteroatoms. The van der Waals surface area contributed by atoms with E-state index in [1.165, 1.54) is 0 Å². The lowest BCUT2D eigenvalue weighted by atomic mass is 10.1. The molecular weight excluding hydrogens is 278 g/mol. The molecule has 1 aromatic carbocycles. The minimum absolute atomic E-state index is 0.0687. The minimum Gasteiger partial charge on any atom is -0.399 e. The van der Waals surface area contributed by atoms with E-state index in [4.69, 9.17) is 5.73 Å². The van der Waals surface area contributed by atoms with E-state index in [-0.39, 0.29) is 11.9 Å². The molecule has 0 aliphatic carbocycles. The van der Waals surface area contributed by atoms with Gasteiger partial charge in [-0.05, 0) is 43.2 Å². The van der Waals surface area contributed by atoms with E-state index < -0.39 is 0 Å². The molecule has 22 heavy (non-hydrogen) atoms. The summed E-state index contributed by atoms with van der Waals surface area (Å²) in [6.07, 6.45) is 5.44. The van der Waals surface area contributed by atoms with Gasteiger partial charge in [-0.25, -0.2) is 9.97 Å². The number of hydrogen-bond acceptors (Lipinski definition) is 5. The predicted molar refractivity (Wildman–Crippen MR) is 85.6 cm³/mol. The van der Waals surface area contributed by atoms with E-state index in [9.17, 15) is 4.79 Å². The molecule has 6 nitrogen and oxygen atoms in total. The van der Waals surface area contributed by atoms with E-state index >= 15 is 0 Å². The van der Waals surface area contributed by atoms with Crippen molar-refractivity contribution in [2.24, 2.45) is 0 Å². The molecular formula is C16H19N5O. The van der Waals surface area contributed by atoms with Crippen LogP contribution in [0.15, 0.2) is 42.7 Å². The van der Waals surface area contributed by atoms with Crippen molar-refractivity contribution in [2.75, 3.05) is 23.7 Å². The zero-order chi connectivity index (χ0) is 15.4.